The fourth-order valence-electron chi connectivity index (χ4n) is 3.86. The lowest BCUT2D eigenvalue weighted by Crippen LogP contribution is -2.31. The highest BCUT2D eigenvalue weighted by Gasteiger charge is 2.34. The van der Waals surface area contributed by atoms with E-state index in [1.165, 1.54) is 0 Å². The molecule has 2 aliphatic carbocycles. The van der Waals surface area contributed by atoms with E-state index in [4.69, 9.17) is 0 Å². The molecule has 2 fully saturated rings. The number of nitrogens with zero attached hydrogens (tertiary/aromatic N) is 4. The van der Waals surface area contributed by atoms with Gasteiger partial charge in [-0.1, -0.05) is 13.8 Å². The van der Waals surface area contributed by atoms with Gasteiger partial charge in [-0.3, -0.25) is 14.0 Å². The number of amides is 1. The lowest BCUT2D eigenvalue weighted by molar-refractivity contribution is -0.124. The van der Waals surface area contributed by atoms with Crippen LogP contribution in [0.25, 0.3) is 5.65 Å². The Morgan fingerprint density at radius 2 is 2.08 bits per heavy atom. The van der Waals surface area contributed by atoms with Gasteiger partial charge < -0.3 is 9.88 Å². The van der Waals surface area contributed by atoms with Crippen molar-refractivity contribution in [3.05, 3.63) is 28.6 Å². The molecule has 0 aliphatic heterocycles. The van der Waals surface area contributed by atoms with Gasteiger partial charge in [0.1, 0.15) is 5.82 Å². The molecule has 2 aromatic heterocycles. The topological polar surface area (TPSA) is 81.3 Å². The summed E-state index contributed by atoms with van der Waals surface area (Å²) < 4.78 is 3.49. The van der Waals surface area contributed by atoms with Crippen LogP contribution in [0.15, 0.2) is 17.2 Å². The maximum atomic E-state index is 12.4. The highest BCUT2D eigenvalue weighted by Crippen LogP contribution is 2.40. The SMILES string of the molecule is CC1(C)CCC(C(=O)NCCc2nnc3c(=O)n(C4CC4)ccn23)C1. The molecule has 2 heterocycles. The van der Waals surface area contributed by atoms with Crippen molar-refractivity contribution in [2.45, 2.75) is 58.4 Å². The number of fused-ring (bicyclic) bond motifs is 1. The molecule has 4 rings (SSSR count). The number of carbonyl (C=O) groups is 1. The molecule has 1 N–H and O–H groups in total. The van der Waals surface area contributed by atoms with Crippen molar-refractivity contribution in [1.82, 2.24) is 24.5 Å². The molecule has 2 saturated carbocycles. The minimum atomic E-state index is -0.0824. The smallest absolute Gasteiger partial charge is 0.296 e. The first-order chi connectivity index (χ1) is 11.9. The molecule has 0 saturated heterocycles. The lowest BCUT2D eigenvalue weighted by atomic mass is 9.90. The molecule has 2 aliphatic rings. The van der Waals surface area contributed by atoms with E-state index in [1.54, 1.807) is 8.97 Å². The number of nitrogens with one attached hydrogen (secondary N) is 1. The quantitative estimate of drug-likeness (QED) is 0.896. The van der Waals surface area contributed by atoms with Crippen LogP contribution < -0.4 is 10.9 Å². The predicted octanol–water partition coefficient (Wildman–Crippen LogP) is 1.71. The molecule has 134 valence electrons. The van der Waals surface area contributed by atoms with E-state index in [-0.39, 0.29) is 22.8 Å². The third-order valence-electron chi connectivity index (χ3n) is 5.50. The van der Waals surface area contributed by atoms with E-state index < -0.39 is 0 Å². The summed E-state index contributed by atoms with van der Waals surface area (Å²) >= 11 is 0. The Labute approximate surface area is 146 Å². The Hall–Kier alpha value is -2.18. The third-order valence-corrected chi connectivity index (χ3v) is 5.50. The van der Waals surface area contributed by atoms with Crippen LogP contribution in [0.4, 0.5) is 0 Å². The van der Waals surface area contributed by atoms with Crippen LogP contribution in [-0.2, 0) is 11.2 Å². The van der Waals surface area contributed by atoms with E-state index in [1.807, 2.05) is 12.4 Å². The van der Waals surface area contributed by atoms with E-state index in [2.05, 4.69) is 29.4 Å². The molecule has 7 nitrogen and oxygen atoms in total. The average molecular weight is 343 g/mol. The summed E-state index contributed by atoms with van der Waals surface area (Å²) in [4.78, 5) is 24.7. The molecule has 7 heteroatoms. The third kappa shape index (κ3) is 3.19. The first kappa shape index (κ1) is 16.3. The van der Waals surface area contributed by atoms with E-state index in [9.17, 15) is 9.59 Å². The van der Waals surface area contributed by atoms with Gasteiger partial charge >= 0.3 is 0 Å². The van der Waals surface area contributed by atoms with Gasteiger partial charge in [0.2, 0.25) is 11.6 Å². The van der Waals surface area contributed by atoms with Gasteiger partial charge in [0.15, 0.2) is 0 Å². The minimum Gasteiger partial charge on any atom is -0.355 e. The van der Waals surface area contributed by atoms with Gasteiger partial charge in [-0.05, 0) is 37.5 Å². The van der Waals surface area contributed by atoms with Crippen LogP contribution in [0.5, 0.6) is 0 Å². The second-order valence-electron chi connectivity index (χ2n) is 8.20. The zero-order valence-electron chi connectivity index (χ0n) is 14.9. The van der Waals surface area contributed by atoms with Gasteiger partial charge in [-0.2, -0.15) is 0 Å². The Morgan fingerprint density at radius 1 is 1.28 bits per heavy atom. The molecule has 1 amide bonds. The highest BCUT2D eigenvalue weighted by atomic mass is 16.2. The van der Waals surface area contributed by atoms with Crippen molar-refractivity contribution in [3.63, 3.8) is 0 Å². The first-order valence-corrected chi connectivity index (χ1v) is 9.17. The number of hydrogen-bond acceptors (Lipinski definition) is 4. The minimum absolute atomic E-state index is 0.0824. The molecule has 0 radical (unpaired) electrons. The number of carbonyl (C=O) groups excluding carboxylic acids is 1. The zero-order valence-corrected chi connectivity index (χ0v) is 14.9. The maximum Gasteiger partial charge on any atom is 0.296 e. The molecule has 0 bridgehead atoms. The summed E-state index contributed by atoms with van der Waals surface area (Å²) in [5.74, 6) is 0.966. The van der Waals surface area contributed by atoms with Crippen molar-refractivity contribution in [1.29, 1.82) is 0 Å². The Kier molecular flexibility index (Phi) is 3.89. The van der Waals surface area contributed by atoms with Crippen LogP contribution in [-0.4, -0.2) is 31.6 Å². The van der Waals surface area contributed by atoms with Crippen LogP contribution in [0.1, 0.15) is 57.8 Å². The summed E-state index contributed by atoms with van der Waals surface area (Å²) in [5.41, 5.74) is 0.557. The molecular weight excluding hydrogens is 318 g/mol. The van der Waals surface area contributed by atoms with Crippen LogP contribution >= 0.6 is 0 Å². The second-order valence-corrected chi connectivity index (χ2v) is 8.20. The highest BCUT2D eigenvalue weighted by molar-refractivity contribution is 5.79. The number of aromatic nitrogens is 4. The first-order valence-electron chi connectivity index (χ1n) is 9.17. The molecule has 2 aromatic rings. The fourth-order valence-corrected chi connectivity index (χ4v) is 3.86. The monoisotopic (exact) mass is 343 g/mol. The largest absolute Gasteiger partial charge is 0.355 e. The molecule has 1 atom stereocenters. The Morgan fingerprint density at radius 3 is 2.76 bits per heavy atom. The van der Waals surface area contributed by atoms with Gasteiger partial charge in [-0.15, -0.1) is 10.2 Å². The molecule has 1 unspecified atom stereocenters. The van der Waals surface area contributed by atoms with Crippen LogP contribution in [0.2, 0.25) is 0 Å². The van der Waals surface area contributed by atoms with Gasteiger partial charge in [-0.25, -0.2) is 0 Å². The van der Waals surface area contributed by atoms with Gasteiger partial charge in [0.05, 0.1) is 0 Å². The van der Waals surface area contributed by atoms with E-state index >= 15 is 0 Å². The van der Waals surface area contributed by atoms with Gasteiger partial charge in [0.25, 0.3) is 5.56 Å². The number of hydrogen-bond donors (Lipinski definition) is 1. The Balaban J connectivity index is 1.39. The van der Waals surface area contributed by atoms with E-state index in [0.717, 1.165) is 32.1 Å². The van der Waals surface area contributed by atoms with E-state index in [0.29, 0.717) is 30.5 Å². The second kappa shape index (κ2) is 5.97. The van der Waals surface area contributed by atoms with Crippen molar-refractivity contribution >= 4 is 11.6 Å². The predicted molar refractivity (Wildman–Crippen MR) is 93.4 cm³/mol. The summed E-state index contributed by atoms with van der Waals surface area (Å²) in [6.07, 6.45) is 9.37. The van der Waals surface area contributed by atoms with Crippen molar-refractivity contribution in [3.8, 4) is 0 Å². The fraction of sp³-hybridized carbons (Fsp3) is 0.667. The van der Waals surface area contributed by atoms with Crippen molar-refractivity contribution in [2.75, 3.05) is 6.54 Å². The summed E-state index contributed by atoms with van der Waals surface area (Å²) in [7, 11) is 0. The average Bonchev–Trinajstić information content (AvgIpc) is 3.22. The normalized spacial score (nSPS) is 22.4. The maximum absolute atomic E-state index is 12.4. The summed E-state index contributed by atoms with van der Waals surface area (Å²) in [6.45, 7) is 4.95. The number of rotatable bonds is 5. The molecule has 0 spiro atoms. The lowest BCUT2D eigenvalue weighted by Gasteiger charge is -2.16. The summed E-state index contributed by atoms with van der Waals surface area (Å²) in [5, 5.41) is 11.2. The van der Waals surface area contributed by atoms with Crippen molar-refractivity contribution in [2.24, 2.45) is 11.3 Å². The van der Waals surface area contributed by atoms with Gasteiger partial charge in [0, 0.05) is 37.3 Å². The zero-order chi connectivity index (χ0) is 17.6. The van der Waals surface area contributed by atoms with Crippen molar-refractivity contribution < 1.29 is 4.79 Å². The molecule has 25 heavy (non-hydrogen) atoms. The standard InChI is InChI=1S/C18H25N5O2/c1-18(2)7-5-12(11-18)16(24)19-8-6-14-20-21-15-17(25)22(13-3-4-13)9-10-23(14)15/h9-10,12-13H,3-8,11H2,1-2H3,(H,19,24). The Bertz CT molecular complexity index is 862. The van der Waals surface area contributed by atoms with Crippen LogP contribution in [0, 0.1) is 11.3 Å². The molecule has 0 aromatic carbocycles. The summed E-state index contributed by atoms with van der Waals surface area (Å²) in [6, 6.07) is 0.326. The van der Waals surface area contributed by atoms with Crippen LogP contribution in [0.3, 0.4) is 0 Å². The molecular formula is C18H25N5O2.